The number of rotatable bonds is 5. The Kier molecular flexibility index (Phi) is 5.69. The Morgan fingerprint density at radius 3 is 2.18 bits per heavy atom. The smallest absolute Gasteiger partial charge is 0.257 e. The Labute approximate surface area is 162 Å². The Morgan fingerprint density at radius 1 is 0.893 bits per heavy atom. The number of carbonyl (C=O) groups is 2. The summed E-state index contributed by atoms with van der Waals surface area (Å²) in [6.45, 7) is 3.82. The van der Waals surface area contributed by atoms with Gasteiger partial charge in [-0.15, -0.1) is 0 Å². The molecule has 6 nitrogen and oxygen atoms in total. The Balaban J connectivity index is 1.76. The van der Waals surface area contributed by atoms with Crippen LogP contribution in [0, 0.1) is 6.92 Å². The maximum absolute atomic E-state index is 12.6. The third-order valence-corrected chi connectivity index (χ3v) is 4.31. The van der Waals surface area contributed by atoms with Crippen molar-refractivity contribution in [1.29, 1.82) is 0 Å². The van der Waals surface area contributed by atoms with Crippen LogP contribution >= 0.6 is 0 Å². The van der Waals surface area contributed by atoms with E-state index in [2.05, 4.69) is 10.6 Å². The topological polar surface area (TPSA) is 80.2 Å². The second-order valence-corrected chi connectivity index (χ2v) is 6.52. The maximum Gasteiger partial charge on any atom is 0.257 e. The standard InChI is InChI=1S/C22H21N3O3/c1-15-5-3-4-6-17(15)13-25-14-18(7-12-21(25)27)22(28)24-20-10-8-19(9-11-20)23-16(2)26/h3-12,14H,13H2,1-2H3,(H,23,26)(H,24,28). The number of benzene rings is 2. The lowest BCUT2D eigenvalue weighted by Crippen LogP contribution is -2.22. The third kappa shape index (κ3) is 4.73. The van der Waals surface area contributed by atoms with Gasteiger partial charge in [0, 0.05) is 30.6 Å². The molecule has 3 rings (SSSR count). The molecule has 0 aliphatic heterocycles. The van der Waals surface area contributed by atoms with Gasteiger partial charge in [-0.3, -0.25) is 14.4 Å². The summed E-state index contributed by atoms with van der Waals surface area (Å²) in [4.78, 5) is 35.8. The van der Waals surface area contributed by atoms with Crippen LogP contribution in [-0.2, 0) is 11.3 Å². The molecule has 2 aromatic carbocycles. The molecule has 0 radical (unpaired) electrons. The van der Waals surface area contributed by atoms with Crippen molar-refractivity contribution in [3.05, 3.63) is 93.9 Å². The number of hydrogen-bond donors (Lipinski definition) is 2. The fraction of sp³-hybridized carbons (Fsp3) is 0.136. The van der Waals surface area contributed by atoms with E-state index in [9.17, 15) is 14.4 Å². The summed E-state index contributed by atoms with van der Waals surface area (Å²) in [7, 11) is 0. The lowest BCUT2D eigenvalue weighted by Gasteiger charge is -2.11. The molecule has 0 fully saturated rings. The highest BCUT2D eigenvalue weighted by molar-refractivity contribution is 6.04. The lowest BCUT2D eigenvalue weighted by molar-refractivity contribution is -0.114. The number of anilines is 2. The van der Waals surface area contributed by atoms with E-state index < -0.39 is 0 Å². The normalized spacial score (nSPS) is 10.4. The molecule has 6 heteroatoms. The van der Waals surface area contributed by atoms with Crippen LogP contribution in [0.25, 0.3) is 0 Å². The van der Waals surface area contributed by atoms with Gasteiger partial charge in [-0.1, -0.05) is 24.3 Å². The van der Waals surface area contributed by atoms with Gasteiger partial charge in [0.1, 0.15) is 0 Å². The molecule has 28 heavy (non-hydrogen) atoms. The Morgan fingerprint density at radius 2 is 1.54 bits per heavy atom. The van der Waals surface area contributed by atoms with E-state index in [1.165, 1.54) is 23.6 Å². The number of hydrogen-bond acceptors (Lipinski definition) is 3. The molecule has 1 heterocycles. The first kappa shape index (κ1) is 19.1. The van der Waals surface area contributed by atoms with Gasteiger partial charge >= 0.3 is 0 Å². The second kappa shape index (κ2) is 8.35. The first-order valence-electron chi connectivity index (χ1n) is 8.86. The Hall–Kier alpha value is -3.67. The van der Waals surface area contributed by atoms with Gasteiger partial charge < -0.3 is 15.2 Å². The zero-order valence-electron chi connectivity index (χ0n) is 15.7. The third-order valence-electron chi connectivity index (χ3n) is 4.31. The summed E-state index contributed by atoms with van der Waals surface area (Å²) in [5.41, 5.74) is 3.57. The molecule has 0 unspecified atom stereocenters. The summed E-state index contributed by atoms with van der Waals surface area (Å²) in [5, 5.41) is 5.46. The first-order valence-corrected chi connectivity index (χ1v) is 8.86. The minimum Gasteiger partial charge on any atom is -0.326 e. The monoisotopic (exact) mass is 375 g/mol. The first-order chi connectivity index (χ1) is 13.4. The average molecular weight is 375 g/mol. The largest absolute Gasteiger partial charge is 0.326 e. The van der Waals surface area contributed by atoms with Crippen molar-refractivity contribution in [1.82, 2.24) is 4.57 Å². The van der Waals surface area contributed by atoms with E-state index in [-0.39, 0.29) is 17.4 Å². The van der Waals surface area contributed by atoms with Gasteiger partial charge in [-0.05, 0) is 48.4 Å². The fourth-order valence-electron chi connectivity index (χ4n) is 2.80. The molecule has 1 aromatic heterocycles. The fourth-order valence-corrected chi connectivity index (χ4v) is 2.80. The van der Waals surface area contributed by atoms with Gasteiger partial charge in [-0.25, -0.2) is 0 Å². The van der Waals surface area contributed by atoms with E-state index >= 15 is 0 Å². The molecule has 0 spiro atoms. The number of amides is 2. The molecule has 0 saturated heterocycles. The van der Waals surface area contributed by atoms with Gasteiger partial charge in [0.05, 0.1) is 12.1 Å². The molecule has 2 amide bonds. The second-order valence-electron chi connectivity index (χ2n) is 6.52. The number of nitrogens with one attached hydrogen (secondary N) is 2. The van der Waals surface area contributed by atoms with Crippen molar-refractivity contribution in [3.8, 4) is 0 Å². The maximum atomic E-state index is 12.6. The van der Waals surface area contributed by atoms with Crippen molar-refractivity contribution < 1.29 is 9.59 Å². The highest BCUT2D eigenvalue weighted by atomic mass is 16.2. The molecule has 0 aliphatic rings. The molecular weight excluding hydrogens is 354 g/mol. The van der Waals surface area contributed by atoms with Crippen molar-refractivity contribution in [2.75, 3.05) is 10.6 Å². The van der Waals surface area contributed by atoms with Gasteiger partial charge in [0.15, 0.2) is 0 Å². The van der Waals surface area contributed by atoms with E-state index in [4.69, 9.17) is 0 Å². The van der Waals surface area contributed by atoms with Crippen molar-refractivity contribution in [2.24, 2.45) is 0 Å². The summed E-state index contributed by atoms with van der Waals surface area (Å²) in [5.74, 6) is -0.474. The van der Waals surface area contributed by atoms with Crippen molar-refractivity contribution in [3.63, 3.8) is 0 Å². The van der Waals surface area contributed by atoms with Gasteiger partial charge in [0.2, 0.25) is 5.91 Å². The number of carbonyl (C=O) groups excluding carboxylic acids is 2. The summed E-state index contributed by atoms with van der Waals surface area (Å²) in [6.07, 6.45) is 1.57. The highest BCUT2D eigenvalue weighted by Crippen LogP contribution is 2.15. The quantitative estimate of drug-likeness (QED) is 0.717. The summed E-state index contributed by atoms with van der Waals surface area (Å²) < 4.78 is 1.52. The van der Waals surface area contributed by atoms with Gasteiger partial charge in [-0.2, -0.15) is 0 Å². The molecule has 2 N–H and O–H groups in total. The van der Waals surface area contributed by atoms with E-state index in [0.29, 0.717) is 23.5 Å². The van der Waals surface area contributed by atoms with Crippen LogP contribution in [0.15, 0.2) is 71.7 Å². The molecule has 142 valence electrons. The number of pyridine rings is 1. The molecule has 0 atom stereocenters. The van der Waals surface area contributed by atoms with Crippen LogP contribution < -0.4 is 16.2 Å². The molecular formula is C22H21N3O3. The van der Waals surface area contributed by atoms with Crippen LogP contribution in [0.4, 0.5) is 11.4 Å². The molecule has 3 aromatic rings. The molecule has 0 saturated carbocycles. The van der Waals surface area contributed by atoms with E-state index in [1.807, 2.05) is 31.2 Å². The summed E-state index contributed by atoms with van der Waals surface area (Å²) >= 11 is 0. The summed E-state index contributed by atoms with van der Waals surface area (Å²) in [6, 6.07) is 17.5. The minimum atomic E-state index is -0.314. The van der Waals surface area contributed by atoms with E-state index in [0.717, 1.165) is 11.1 Å². The SMILES string of the molecule is CC(=O)Nc1ccc(NC(=O)c2ccc(=O)n(Cc3ccccc3C)c2)cc1. The van der Waals surface area contributed by atoms with E-state index in [1.54, 1.807) is 30.5 Å². The van der Waals surface area contributed by atoms with Crippen molar-refractivity contribution >= 4 is 23.2 Å². The van der Waals surface area contributed by atoms with Crippen molar-refractivity contribution in [2.45, 2.75) is 20.4 Å². The number of aromatic nitrogens is 1. The van der Waals surface area contributed by atoms with Crippen LogP contribution in [0.5, 0.6) is 0 Å². The zero-order chi connectivity index (χ0) is 20.1. The van der Waals surface area contributed by atoms with Crippen LogP contribution in [0.1, 0.15) is 28.4 Å². The Bertz CT molecular complexity index is 1070. The van der Waals surface area contributed by atoms with Crippen LogP contribution in [0.3, 0.4) is 0 Å². The van der Waals surface area contributed by atoms with Crippen LogP contribution in [0.2, 0.25) is 0 Å². The van der Waals surface area contributed by atoms with Gasteiger partial charge in [0.25, 0.3) is 11.5 Å². The highest BCUT2D eigenvalue weighted by Gasteiger charge is 2.09. The lowest BCUT2D eigenvalue weighted by atomic mass is 10.1. The zero-order valence-corrected chi connectivity index (χ0v) is 15.7. The molecule has 0 bridgehead atoms. The minimum absolute atomic E-state index is 0.160. The van der Waals surface area contributed by atoms with Crippen LogP contribution in [-0.4, -0.2) is 16.4 Å². The average Bonchev–Trinajstić information content (AvgIpc) is 2.66. The predicted octanol–water partition coefficient (Wildman–Crippen LogP) is 3.42. The predicted molar refractivity (Wildman–Crippen MR) is 110 cm³/mol. The number of aryl methyl sites for hydroxylation is 1. The number of nitrogens with zero attached hydrogens (tertiary/aromatic N) is 1. The molecule has 0 aliphatic carbocycles.